The summed E-state index contributed by atoms with van der Waals surface area (Å²) >= 11 is 0. The number of anilines is 3. The van der Waals surface area contributed by atoms with Gasteiger partial charge < -0.3 is 15.8 Å². The van der Waals surface area contributed by atoms with Gasteiger partial charge in [-0.15, -0.1) is 0 Å². The molecule has 5 nitrogen and oxygen atoms in total. The lowest BCUT2D eigenvalue weighted by atomic mass is 10.3. The molecular formula is C11H11FN4O. The Bertz CT molecular complexity index is 515. The highest BCUT2D eigenvalue weighted by Gasteiger charge is 2.05. The fourth-order valence-corrected chi connectivity index (χ4v) is 1.28. The highest BCUT2D eigenvalue weighted by atomic mass is 19.1. The van der Waals surface area contributed by atoms with Crippen molar-refractivity contribution in [3.8, 4) is 5.75 Å². The summed E-state index contributed by atoms with van der Waals surface area (Å²) in [6.45, 7) is 0. The molecule has 17 heavy (non-hydrogen) atoms. The summed E-state index contributed by atoms with van der Waals surface area (Å²) < 4.78 is 18.3. The standard InChI is InChI=1S/C11H11FN4O/c1-17-8-4-2-7(3-5-8)15-10-9(12)6-14-11(13)16-10/h2-6H,1H3,(H3,13,14,15,16). The Morgan fingerprint density at radius 3 is 2.65 bits per heavy atom. The summed E-state index contributed by atoms with van der Waals surface area (Å²) in [6, 6.07) is 7.00. The van der Waals surface area contributed by atoms with E-state index in [4.69, 9.17) is 10.5 Å². The molecule has 0 saturated carbocycles. The first kappa shape index (κ1) is 11.1. The molecule has 3 N–H and O–H groups in total. The van der Waals surface area contributed by atoms with Gasteiger partial charge in [0.25, 0.3) is 0 Å². The molecule has 0 saturated heterocycles. The molecule has 1 aromatic carbocycles. The Labute approximate surface area is 97.5 Å². The van der Waals surface area contributed by atoms with Crippen LogP contribution < -0.4 is 15.8 Å². The Morgan fingerprint density at radius 2 is 2.00 bits per heavy atom. The molecule has 0 aliphatic heterocycles. The summed E-state index contributed by atoms with van der Waals surface area (Å²) in [5.74, 6) is 0.221. The Hall–Kier alpha value is -2.37. The third-order valence-corrected chi connectivity index (χ3v) is 2.12. The van der Waals surface area contributed by atoms with Crippen molar-refractivity contribution in [1.82, 2.24) is 9.97 Å². The maximum atomic E-state index is 13.3. The van der Waals surface area contributed by atoms with Crippen LogP contribution in [-0.4, -0.2) is 17.1 Å². The minimum Gasteiger partial charge on any atom is -0.497 e. The number of methoxy groups -OCH3 is 1. The quantitative estimate of drug-likeness (QED) is 0.849. The normalized spacial score (nSPS) is 10.0. The van der Waals surface area contributed by atoms with Gasteiger partial charge in [-0.1, -0.05) is 0 Å². The summed E-state index contributed by atoms with van der Waals surface area (Å²) in [5.41, 5.74) is 6.06. The number of nitrogens with one attached hydrogen (secondary N) is 1. The van der Waals surface area contributed by atoms with Crippen molar-refractivity contribution in [2.75, 3.05) is 18.2 Å². The number of hydrogen-bond donors (Lipinski definition) is 2. The summed E-state index contributed by atoms with van der Waals surface area (Å²) in [6.07, 6.45) is 1.02. The fourth-order valence-electron chi connectivity index (χ4n) is 1.28. The van der Waals surface area contributed by atoms with Crippen LogP contribution in [0.2, 0.25) is 0 Å². The molecule has 0 fully saturated rings. The maximum absolute atomic E-state index is 13.3. The smallest absolute Gasteiger partial charge is 0.222 e. The van der Waals surface area contributed by atoms with Crippen LogP contribution in [-0.2, 0) is 0 Å². The van der Waals surface area contributed by atoms with Crippen molar-refractivity contribution in [3.05, 3.63) is 36.3 Å². The Kier molecular flexibility index (Phi) is 3.04. The van der Waals surface area contributed by atoms with Crippen molar-refractivity contribution in [3.63, 3.8) is 0 Å². The molecule has 0 aliphatic carbocycles. The SMILES string of the molecule is COc1ccc(Nc2nc(N)ncc2F)cc1. The first-order valence-corrected chi connectivity index (χ1v) is 4.88. The molecule has 88 valence electrons. The third-order valence-electron chi connectivity index (χ3n) is 2.12. The van der Waals surface area contributed by atoms with Gasteiger partial charge in [-0.3, -0.25) is 0 Å². The lowest BCUT2D eigenvalue weighted by Crippen LogP contribution is -2.02. The van der Waals surface area contributed by atoms with Crippen LogP contribution in [0.3, 0.4) is 0 Å². The number of nitrogen functional groups attached to an aromatic ring is 1. The molecule has 1 heterocycles. The Morgan fingerprint density at radius 1 is 1.29 bits per heavy atom. The van der Waals surface area contributed by atoms with Gasteiger partial charge in [0.05, 0.1) is 13.3 Å². The minimum atomic E-state index is -0.560. The highest BCUT2D eigenvalue weighted by molar-refractivity contribution is 5.58. The van der Waals surface area contributed by atoms with Gasteiger partial charge in [-0.25, -0.2) is 9.37 Å². The first-order chi connectivity index (χ1) is 8.19. The second-order valence-corrected chi connectivity index (χ2v) is 3.28. The second-order valence-electron chi connectivity index (χ2n) is 3.28. The van der Waals surface area contributed by atoms with E-state index in [1.807, 2.05) is 0 Å². The number of nitrogens with two attached hydrogens (primary N) is 1. The molecule has 6 heteroatoms. The largest absolute Gasteiger partial charge is 0.497 e. The van der Waals surface area contributed by atoms with Gasteiger partial charge >= 0.3 is 0 Å². The van der Waals surface area contributed by atoms with Gasteiger partial charge in [0.2, 0.25) is 5.95 Å². The topological polar surface area (TPSA) is 73.1 Å². The Balaban J connectivity index is 2.22. The fraction of sp³-hybridized carbons (Fsp3) is 0.0909. The van der Waals surface area contributed by atoms with E-state index in [-0.39, 0.29) is 11.8 Å². The zero-order chi connectivity index (χ0) is 12.3. The average molecular weight is 234 g/mol. The molecule has 0 amide bonds. The van der Waals surface area contributed by atoms with E-state index < -0.39 is 5.82 Å². The van der Waals surface area contributed by atoms with Gasteiger partial charge in [-0.05, 0) is 24.3 Å². The summed E-state index contributed by atoms with van der Waals surface area (Å²) in [7, 11) is 1.58. The molecule has 1 aromatic heterocycles. The van der Waals surface area contributed by atoms with Crippen molar-refractivity contribution < 1.29 is 9.13 Å². The lowest BCUT2D eigenvalue weighted by Gasteiger charge is -2.07. The summed E-state index contributed by atoms with van der Waals surface area (Å²) in [4.78, 5) is 7.30. The van der Waals surface area contributed by atoms with Crippen LogP contribution in [0.15, 0.2) is 30.5 Å². The van der Waals surface area contributed by atoms with E-state index in [0.717, 1.165) is 11.9 Å². The van der Waals surface area contributed by atoms with Gasteiger partial charge in [0, 0.05) is 5.69 Å². The van der Waals surface area contributed by atoms with Crippen molar-refractivity contribution in [1.29, 1.82) is 0 Å². The number of aromatic nitrogens is 2. The van der Waals surface area contributed by atoms with E-state index in [1.165, 1.54) is 0 Å². The lowest BCUT2D eigenvalue weighted by molar-refractivity contribution is 0.415. The van der Waals surface area contributed by atoms with Gasteiger partial charge in [0.15, 0.2) is 11.6 Å². The van der Waals surface area contributed by atoms with Gasteiger partial charge in [-0.2, -0.15) is 4.98 Å². The predicted molar refractivity (Wildman–Crippen MR) is 62.7 cm³/mol. The predicted octanol–water partition coefficient (Wildman–Crippen LogP) is 1.95. The molecule has 0 aliphatic rings. The van der Waals surface area contributed by atoms with E-state index in [0.29, 0.717) is 5.69 Å². The highest BCUT2D eigenvalue weighted by Crippen LogP contribution is 2.20. The molecule has 2 rings (SSSR count). The van der Waals surface area contributed by atoms with Crippen molar-refractivity contribution in [2.24, 2.45) is 0 Å². The van der Waals surface area contributed by atoms with Crippen molar-refractivity contribution in [2.45, 2.75) is 0 Å². The van der Waals surface area contributed by atoms with E-state index in [2.05, 4.69) is 15.3 Å². The number of ether oxygens (including phenoxy) is 1. The van der Waals surface area contributed by atoms with Crippen LogP contribution in [0.1, 0.15) is 0 Å². The number of halogens is 1. The summed E-state index contributed by atoms with van der Waals surface area (Å²) in [5, 5.41) is 2.80. The molecule has 0 atom stereocenters. The molecule has 0 bridgehead atoms. The molecule has 2 aromatic rings. The van der Waals surface area contributed by atoms with Crippen LogP contribution >= 0.6 is 0 Å². The monoisotopic (exact) mass is 234 g/mol. The zero-order valence-corrected chi connectivity index (χ0v) is 9.14. The number of hydrogen-bond acceptors (Lipinski definition) is 5. The molecule has 0 radical (unpaired) electrons. The van der Waals surface area contributed by atoms with E-state index >= 15 is 0 Å². The van der Waals surface area contributed by atoms with E-state index in [9.17, 15) is 4.39 Å². The van der Waals surface area contributed by atoms with Crippen LogP contribution in [0, 0.1) is 5.82 Å². The van der Waals surface area contributed by atoms with Gasteiger partial charge in [0.1, 0.15) is 5.75 Å². The second kappa shape index (κ2) is 4.65. The molecule has 0 spiro atoms. The number of nitrogens with zero attached hydrogens (tertiary/aromatic N) is 2. The van der Waals surface area contributed by atoms with E-state index in [1.54, 1.807) is 31.4 Å². The zero-order valence-electron chi connectivity index (χ0n) is 9.14. The van der Waals surface area contributed by atoms with Crippen LogP contribution in [0.4, 0.5) is 21.8 Å². The average Bonchev–Trinajstić information content (AvgIpc) is 2.35. The first-order valence-electron chi connectivity index (χ1n) is 4.88. The number of benzene rings is 1. The third kappa shape index (κ3) is 2.60. The molecular weight excluding hydrogens is 223 g/mol. The maximum Gasteiger partial charge on any atom is 0.222 e. The minimum absolute atomic E-state index is 0.0161. The van der Waals surface area contributed by atoms with Crippen LogP contribution in [0.25, 0.3) is 0 Å². The molecule has 0 unspecified atom stereocenters. The van der Waals surface area contributed by atoms with Crippen molar-refractivity contribution >= 4 is 17.5 Å². The number of rotatable bonds is 3. The van der Waals surface area contributed by atoms with Crippen LogP contribution in [0.5, 0.6) is 5.75 Å².